The van der Waals surface area contributed by atoms with Crippen molar-refractivity contribution < 1.29 is 23.5 Å². The van der Waals surface area contributed by atoms with Gasteiger partial charge >= 0.3 is 6.09 Å². The van der Waals surface area contributed by atoms with Gasteiger partial charge in [0.1, 0.15) is 24.1 Å². The van der Waals surface area contributed by atoms with Crippen LogP contribution in [0.4, 0.5) is 4.79 Å². The molecule has 7 heteroatoms. The molecule has 7 nitrogen and oxygen atoms in total. The van der Waals surface area contributed by atoms with Crippen LogP contribution >= 0.6 is 0 Å². The molecular weight excluding hydrogens is 300 g/mol. The third-order valence-corrected chi connectivity index (χ3v) is 4.19. The lowest BCUT2D eigenvalue weighted by atomic mass is 10.1. The Bertz CT molecular complexity index is 571. The predicted octanol–water partition coefficient (Wildman–Crippen LogP) is 1.58. The van der Waals surface area contributed by atoms with Crippen LogP contribution in [0.15, 0.2) is 16.5 Å². The molecule has 0 bridgehead atoms. The van der Waals surface area contributed by atoms with Gasteiger partial charge in [0.15, 0.2) is 0 Å². The number of ether oxygens (including phenoxy) is 2. The number of morpholine rings is 1. The summed E-state index contributed by atoms with van der Waals surface area (Å²) in [6.07, 6.45) is 1.14. The number of carbonyl (C=O) groups excluding carboxylic acids is 2. The summed E-state index contributed by atoms with van der Waals surface area (Å²) in [7, 11) is 0. The van der Waals surface area contributed by atoms with Gasteiger partial charge in [-0.25, -0.2) is 4.79 Å². The molecule has 2 aliphatic heterocycles. The van der Waals surface area contributed by atoms with Crippen LogP contribution in [0.3, 0.4) is 0 Å². The Kier molecular flexibility index (Phi) is 4.85. The van der Waals surface area contributed by atoms with Crippen molar-refractivity contribution in [3.8, 4) is 0 Å². The highest BCUT2D eigenvalue weighted by molar-refractivity contribution is 5.83. The van der Waals surface area contributed by atoms with Gasteiger partial charge in [0.2, 0.25) is 5.91 Å². The van der Waals surface area contributed by atoms with Gasteiger partial charge in [-0.3, -0.25) is 9.69 Å². The number of nitrogens with zero attached hydrogens (tertiary/aromatic N) is 2. The molecule has 0 unspecified atom stereocenters. The molecule has 0 aromatic carbocycles. The second-order valence-electron chi connectivity index (χ2n) is 5.72. The van der Waals surface area contributed by atoms with Gasteiger partial charge in [-0.2, -0.15) is 0 Å². The Morgan fingerprint density at radius 3 is 2.91 bits per heavy atom. The average Bonchev–Trinajstić information content (AvgIpc) is 3.06. The molecule has 0 aliphatic carbocycles. The molecule has 126 valence electrons. The number of cyclic esters (lactones) is 1. The van der Waals surface area contributed by atoms with Gasteiger partial charge in [0.25, 0.3) is 0 Å². The Morgan fingerprint density at radius 2 is 2.17 bits per heavy atom. The Hall–Kier alpha value is -2.02. The summed E-state index contributed by atoms with van der Waals surface area (Å²) in [6.45, 7) is 4.44. The van der Waals surface area contributed by atoms with E-state index >= 15 is 0 Å². The molecule has 0 spiro atoms. The summed E-state index contributed by atoms with van der Waals surface area (Å²) in [4.78, 5) is 27.5. The molecule has 2 amide bonds. The third-order valence-electron chi connectivity index (χ3n) is 4.19. The highest BCUT2D eigenvalue weighted by Gasteiger charge is 2.33. The fourth-order valence-corrected chi connectivity index (χ4v) is 2.90. The van der Waals surface area contributed by atoms with E-state index < -0.39 is 6.09 Å². The van der Waals surface area contributed by atoms with E-state index in [0.717, 1.165) is 24.4 Å². The molecule has 0 saturated carbocycles. The van der Waals surface area contributed by atoms with E-state index in [0.29, 0.717) is 32.9 Å². The van der Waals surface area contributed by atoms with Crippen molar-refractivity contribution in [1.82, 2.24) is 9.80 Å². The minimum absolute atomic E-state index is 0.0384. The van der Waals surface area contributed by atoms with E-state index in [2.05, 4.69) is 0 Å². The first kappa shape index (κ1) is 15.9. The van der Waals surface area contributed by atoms with Crippen molar-refractivity contribution in [3.63, 3.8) is 0 Å². The zero-order chi connectivity index (χ0) is 16.2. The molecule has 2 aliphatic rings. The highest BCUT2D eigenvalue weighted by Crippen LogP contribution is 2.26. The minimum Gasteiger partial charge on any atom is -0.464 e. The summed E-state index contributed by atoms with van der Waals surface area (Å²) >= 11 is 0. The van der Waals surface area contributed by atoms with Crippen LogP contribution in [-0.2, 0) is 20.7 Å². The van der Waals surface area contributed by atoms with Crippen LogP contribution < -0.4 is 0 Å². The van der Waals surface area contributed by atoms with Gasteiger partial charge < -0.3 is 18.8 Å². The van der Waals surface area contributed by atoms with Gasteiger partial charge in [-0.15, -0.1) is 0 Å². The average molecular weight is 322 g/mol. The van der Waals surface area contributed by atoms with Crippen LogP contribution in [0.1, 0.15) is 30.9 Å². The van der Waals surface area contributed by atoms with Crippen LogP contribution in [0.2, 0.25) is 0 Å². The molecule has 3 heterocycles. The Labute approximate surface area is 135 Å². The van der Waals surface area contributed by atoms with Crippen molar-refractivity contribution in [2.45, 2.75) is 25.8 Å². The van der Waals surface area contributed by atoms with E-state index in [1.54, 1.807) is 4.90 Å². The summed E-state index contributed by atoms with van der Waals surface area (Å²) in [5, 5.41) is 0. The summed E-state index contributed by atoms with van der Waals surface area (Å²) in [5.41, 5.74) is 0. The normalized spacial score (nSPS) is 22.1. The molecule has 1 aromatic heterocycles. The minimum atomic E-state index is -0.416. The monoisotopic (exact) mass is 322 g/mol. The van der Waals surface area contributed by atoms with Crippen LogP contribution in [0.5, 0.6) is 0 Å². The molecule has 0 N–H and O–H groups in total. The molecule has 0 radical (unpaired) electrons. The van der Waals surface area contributed by atoms with Crippen LogP contribution in [0, 0.1) is 0 Å². The fraction of sp³-hybridized carbons (Fsp3) is 0.625. The van der Waals surface area contributed by atoms with Crippen LogP contribution in [-0.4, -0.2) is 61.3 Å². The Balaban J connectivity index is 1.70. The second kappa shape index (κ2) is 7.04. The topological polar surface area (TPSA) is 72.2 Å². The van der Waals surface area contributed by atoms with Gasteiger partial charge in [-0.05, 0) is 18.6 Å². The zero-order valence-electron chi connectivity index (χ0n) is 13.3. The lowest BCUT2D eigenvalue weighted by Gasteiger charge is -2.36. The van der Waals surface area contributed by atoms with E-state index in [1.807, 2.05) is 19.1 Å². The number of aryl methyl sites for hydroxylation is 1. The fourth-order valence-electron chi connectivity index (χ4n) is 2.90. The second-order valence-corrected chi connectivity index (χ2v) is 5.72. The van der Waals surface area contributed by atoms with Crippen molar-refractivity contribution in [2.75, 3.05) is 39.5 Å². The van der Waals surface area contributed by atoms with Crippen molar-refractivity contribution in [3.05, 3.63) is 23.7 Å². The maximum absolute atomic E-state index is 12.7. The number of hydrogen-bond acceptors (Lipinski definition) is 5. The van der Waals surface area contributed by atoms with Crippen molar-refractivity contribution in [2.24, 2.45) is 0 Å². The van der Waals surface area contributed by atoms with Crippen molar-refractivity contribution >= 4 is 12.0 Å². The quantitative estimate of drug-likeness (QED) is 0.841. The maximum Gasteiger partial charge on any atom is 0.410 e. The third kappa shape index (κ3) is 3.50. The molecular formula is C16H22N2O5. The first-order chi connectivity index (χ1) is 11.2. The number of furan rings is 1. The molecule has 3 rings (SSSR count). The summed E-state index contributed by atoms with van der Waals surface area (Å²) < 4.78 is 16.3. The molecule has 23 heavy (non-hydrogen) atoms. The Morgan fingerprint density at radius 1 is 1.30 bits per heavy atom. The summed E-state index contributed by atoms with van der Waals surface area (Å²) in [5.74, 6) is 1.51. The lowest BCUT2D eigenvalue weighted by molar-refractivity contribution is -0.142. The van der Waals surface area contributed by atoms with Gasteiger partial charge in [0, 0.05) is 19.5 Å². The predicted molar refractivity (Wildman–Crippen MR) is 80.9 cm³/mol. The highest BCUT2D eigenvalue weighted by atomic mass is 16.6. The van der Waals surface area contributed by atoms with E-state index in [-0.39, 0.29) is 18.5 Å². The largest absolute Gasteiger partial charge is 0.464 e. The van der Waals surface area contributed by atoms with Crippen molar-refractivity contribution in [1.29, 1.82) is 0 Å². The van der Waals surface area contributed by atoms with Gasteiger partial charge in [0.05, 0.1) is 19.8 Å². The SMILES string of the molecule is CCc1ccc([C@H]2COCCN2C(=O)CN2CCCOC2=O)o1. The molecule has 1 aromatic rings. The van der Waals surface area contributed by atoms with E-state index in [1.165, 1.54) is 4.90 Å². The molecule has 2 fully saturated rings. The van der Waals surface area contributed by atoms with Crippen LogP contribution in [0.25, 0.3) is 0 Å². The maximum atomic E-state index is 12.7. The molecule has 2 saturated heterocycles. The lowest BCUT2D eigenvalue weighted by Crippen LogP contribution is -2.49. The van der Waals surface area contributed by atoms with Gasteiger partial charge in [-0.1, -0.05) is 6.92 Å². The first-order valence-corrected chi connectivity index (χ1v) is 8.06. The number of carbonyl (C=O) groups is 2. The standard InChI is InChI=1S/C16H22N2O5/c1-2-12-4-5-14(23-12)13-11-21-9-7-18(13)15(19)10-17-6-3-8-22-16(17)20/h4-5,13H,2-3,6-11H2,1H3/t13-/m1/s1. The number of amides is 2. The summed E-state index contributed by atoms with van der Waals surface area (Å²) in [6, 6.07) is 3.58. The zero-order valence-corrected chi connectivity index (χ0v) is 13.3. The molecule has 1 atom stereocenters. The number of hydrogen-bond donors (Lipinski definition) is 0. The first-order valence-electron chi connectivity index (χ1n) is 8.06. The van der Waals surface area contributed by atoms with E-state index in [4.69, 9.17) is 13.9 Å². The van der Waals surface area contributed by atoms with E-state index in [9.17, 15) is 9.59 Å². The number of rotatable bonds is 4. The smallest absolute Gasteiger partial charge is 0.410 e.